The summed E-state index contributed by atoms with van der Waals surface area (Å²) in [5.41, 5.74) is 3.64. The Morgan fingerprint density at radius 3 is 2.42 bits per heavy atom. The molecule has 1 fully saturated rings. The predicted octanol–water partition coefficient (Wildman–Crippen LogP) is 4.08. The lowest BCUT2D eigenvalue weighted by molar-refractivity contribution is -0.126. The van der Waals surface area contributed by atoms with Crippen LogP contribution in [0.5, 0.6) is 5.75 Å². The number of carbonyl (C=O) groups excluding carboxylic acids is 3. The molecule has 2 N–H and O–H groups in total. The highest BCUT2D eigenvalue weighted by Gasteiger charge is 2.46. The number of aryl methyl sites for hydroxylation is 1. The first-order valence-corrected chi connectivity index (χ1v) is 12.2. The topological polar surface area (TPSA) is 106 Å². The molecule has 0 bridgehead atoms. The van der Waals surface area contributed by atoms with Crippen molar-refractivity contribution in [3.05, 3.63) is 95.1 Å². The summed E-state index contributed by atoms with van der Waals surface area (Å²) in [5.74, 6) is -0.0370. The average Bonchev–Trinajstić information content (AvgIpc) is 3.26. The summed E-state index contributed by atoms with van der Waals surface area (Å²) in [7, 11) is 3.09. The molecule has 2 atom stereocenters. The van der Waals surface area contributed by atoms with Crippen molar-refractivity contribution in [2.45, 2.75) is 25.6 Å². The number of benzene rings is 3. The number of nitrogens with one attached hydrogen (secondary N) is 2. The van der Waals surface area contributed by atoms with E-state index in [1.165, 1.54) is 4.90 Å². The van der Waals surface area contributed by atoms with Crippen molar-refractivity contribution >= 4 is 23.6 Å². The van der Waals surface area contributed by atoms with E-state index in [-0.39, 0.29) is 18.4 Å². The Morgan fingerprint density at radius 1 is 1.00 bits per heavy atom. The van der Waals surface area contributed by atoms with E-state index in [2.05, 4.69) is 10.6 Å². The van der Waals surface area contributed by atoms with Gasteiger partial charge in [0, 0.05) is 24.9 Å². The van der Waals surface area contributed by atoms with Gasteiger partial charge in [0.05, 0.1) is 20.3 Å². The number of nitrogens with zero attached hydrogens (tertiary/aromatic N) is 1. The van der Waals surface area contributed by atoms with Crippen molar-refractivity contribution in [1.82, 2.24) is 10.2 Å². The fourth-order valence-corrected chi connectivity index (χ4v) is 4.20. The first-order valence-electron chi connectivity index (χ1n) is 12.2. The average molecular weight is 518 g/mol. The molecule has 9 heteroatoms. The van der Waals surface area contributed by atoms with Gasteiger partial charge in [0.2, 0.25) is 5.91 Å². The van der Waals surface area contributed by atoms with E-state index in [0.29, 0.717) is 35.7 Å². The fourth-order valence-electron chi connectivity index (χ4n) is 4.20. The molecule has 3 aromatic rings. The van der Waals surface area contributed by atoms with Gasteiger partial charge in [-0.1, -0.05) is 48.0 Å². The first-order chi connectivity index (χ1) is 18.4. The quantitative estimate of drug-likeness (QED) is 0.393. The number of anilines is 1. The van der Waals surface area contributed by atoms with Crippen molar-refractivity contribution in [2.75, 3.05) is 32.7 Å². The molecule has 4 rings (SSSR count). The minimum Gasteiger partial charge on any atom is -0.497 e. The molecule has 1 saturated heterocycles. The lowest BCUT2D eigenvalue weighted by Gasteiger charge is -2.24. The SMILES string of the molecule is COCCNC(=O)[C@@H]1[C@H](c2ccc(NC(=O)c3cccc(OC)c3)cc2)OC(=O)N1Cc1ccc(C)cc1. The summed E-state index contributed by atoms with van der Waals surface area (Å²) in [4.78, 5) is 40.3. The summed E-state index contributed by atoms with van der Waals surface area (Å²) >= 11 is 0. The molecule has 0 unspecified atom stereocenters. The molecule has 0 aromatic heterocycles. The fraction of sp³-hybridized carbons (Fsp3) is 0.276. The maximum Gasteiger partial charge on any atom is 0.411 e. The van der Waals surface area contributed by atoms with Crippen LogP contribution in [0.25, 0.3) is 0 Å². The molecule has 38 heavy (non-hydrogen) atoms. The molecule has 9 nitrogen and oxygen atoms in total. The van der Waals surface area contributed by atoms with Crippen LogP contribution < -0.4 is 15.4 Å². The highest BCUT2D eigenvalue weighted by Crippen LogP contribution is 2.34. The Kier molecular flexibility index (Phi) is 8.60. The summed E-state index contributed by atoms with van der Waals surface area (Å²) in [5, 5.41) is 5.68. The molecule has 198 valence electrons. The van der Waals surface area contributed by atoms with E-state index >= 15 is 0 Å². The molecular weight excluding hydrogens is 486 g/mol. The number of rotatable bonds is 10. The Hall–Kier alpha value is -4.37. The van der Waals surface area contributed by atoms with Gasteiger partial charge in [0.1, 0.15) is 5.75 Å². The number of hydrogen-bond donors (Lipinski definition) is 2. The van der Waals surface area contributed by atoms with E-state index < -0.39 is 18.2 Å². The summed E-state index contributed by atoms with van der Waals surface area (Å²) in [6, 6.07) is 20.6. The predicted molar refractivity (Wildman–Crippen MR) is 142 cm³/mol. The van der Waals surface area contributed by atoms with Gasteiger partial charge in [0.25, 0.3) is 5.91 Å². The van der Waals surface area contributed by atoms with Crippen molar-refractivity contribution in [1.29, 1.82) is 0 Å². The zero-order chi connectivity index (χ0) is 27.1. The van der Waals surface area contributed by atoms with Gasteiger partial charge in [-0.25, -0.2) is 4.79 Å². The molecule has 0 spiro atoms. The van der Waals surface area contributed by atoms with Crippen LogP contribution in [0.1, 0.15) is 33.2 Å². The van der Waals surface area contributed by atoms with E-state index in [1.54, 1.807) is 62.8 Å². The minimum absolute atomic E-state index is 0.229. The van der Waals surface area contributed by atoms with Gasteiger partial charge < -0.3 is 24.8 Å². The summed E-state index contributed by atoms with van der Waals surface area (Å²) < 4.78 is 15.9. The third-order valence-corrected chi connectivity index (χ3v) is 6.26. The number of carbonyl (C=O) groups is 3. The van der Waals surface area contributed by atoms with Crippen LogP contribution in [0.15, 0.2) is 72.8 Å². The van der Waals surface area contributed by atoms with Crippen LogP contribution in [0.2, 0.25) is 0 Å². The van der Waals surface area contributed by atoms with Gasteiger partial charge in [0.15, 0.2) is 12.1 Å². The van der Waals surface area contributed by atoms with Crippen molar-refractivity contribution in [2.24, 2.45) is 0 Å². The van der Waals surface area contributed by atoms with E-state index in [4.69, 9.17) is 14.2 Å². The normalized spacial score (nSPS) is 16.6. The maximum absolute atomic E-state index is 13.2. The number of amides is 3. The molecule has 0 aliphatic carbocycles. The third kappa shape index (κ3) is 6.30. The molecule has 1 aliphatic heterocycles. The lowest BCUT2D eigenvalue weighted by Crippen LogP contribution is -2.47. The zero-order valence-electron chi connectivity index (χ0n) is 21.6. The van der Waals surface area contributed by atoms with Crippen LogP contribution in [0.3, 0.4) is 0 Å². The third-order valence-electron chi connectivity index (χ3n) is 6.26. The number of hydrogen-bond acceptors (Lipinski definition) is 6. The smallest absolute Gasteiger partial charge is 0.411 e. The molecule has 3 aromatic carbocycles. The Bertz CT molecular complexity index is 1280. The maximum atomic E-state index is 13.2. The molecular formula is C29H31N3O6. The van der Waals surface area contributed by atoms with E-state index in [0.717, 1.165) is 11.1 Å². The van der Waals surface area contributed by atoms with Crippen molar-refractivity contribution < 1.29 is 28.6 Å². The van der Waals surface area contributed by atoms with Gasteiger partial charge in [-0.2, -0.15) is 0 Å². The number of methoxy groups -OCH3 is 2. The standard InChI is InChI=1S/C29H31N3O6/c1-19-7-9-20(10-8-19)18-32-25(28(34)30-15-16-36-2)26(38-29(32)35)21-11-13-23(14-12-21)31-27(33)22-5-4-6-24(17-22)37-3/h4-14,17,25-26H,15-16,18H2,1-3H3,(H,30,34)(H,31,33)/t25-,26-/m0/s1. The zero-order valence-corrected chi connectivity index (χ0v) is 21.6. The largest absolute Gasteiger partial charge is 0.497 e. The van der Waals surface area contributed by atoms with Crippen LogP contribution in [-0.2, 0) is 20.8 Å². The molecule has 0 radical (unpaired) electrons. The first kappa shape index (κ1) is 26.7. The number of ether oxygens (including phenoxy) is 3. The van der Waals surface area contributed by atoms with Crippen LogP contribution >= 0.6 is 0 Å². The second-order valence-corrected chi connectivity index (χ2v) is 8.95. The van der Waals surface area contributed by atoms with Gasteiger partial charge in [-0.15, -0.1) is 0 Å². The second-order valence-electron chi connectivity index (χ2n) is 8.95. The number of cyclic esters (lactones) is 1. The summed E-state index contributed by atoms with van der Waals surface area (Å²) in [6.45, 7) is 2.86. The summed E-state index contributed by atoms with van der Waals surface area (Å²) in [6.07, 6.45) is -1.39. The van der Waals surface area contributed by atoms with E-state index in [1.807, 2.05) is 31.2 Å². The van der Waals surface area contributed by atoms with Crippen molar-refractivity contribution in [3.63, 3.8) is 0 Å². The monoisotopic (exact) mass is 517 g/mol. The Morgan fingerprint density at radius 2 is 1.74 bits per heavy atom. The molecule has 1 aliphatic rings. The molecule has 0 saturated carbocycles. The molecule has 1 heterocycles. The second kappa shape index (κ2) is 12.2. The van der Waals surface area contributed by atoms with Gasteiger partial charge >= 0.3 is 6.09 Å². The Balaban J connectivity index is 1.53. The van der Waals surface area contributed by atoms with Crippen molar-refractivity contribution in [3.8, 4) is 5.75 Å². The minimum atomic E-state index is -0.877. The van der Waals surface area contributed by atoms with Gasteiger partial charge in [-0.05, 0) is 48.4 Å². The van der Waals surface area contributed by atoms with E-state index in [9.17, 15) is 14.4 Å². The highest BCUT2D eigenvalue weighted by atomic mass is 16.6. The highest BCUT2D eigenvalue weighted by molar-refractivity contribution is 6.04. The van der Waals surface area contributed by atoms with Crippen LogP contribution in [-0.4, -0.2) is 56.2 Å². The Labute approximate surface area is 221 Å². The van der Waals surface area contributed by atoms with Crippen LogP contribution in [0, 0.1) is 6.92 Å². The van der Waals surface area contributed by atoms with Gasteiger partial charge in [-0.3, -0.25) is 14.5 Å². The molecule has 3 amide bonds. The lowest BCUT2D eigenvalue weighted by atomic mass is 10.00. The van der Waals surface area contributed by atoms with Crippen LogP contribution in [0.4, 0.5) is 10.5 Å².